The predicted octanol–water partition coefficient (Wildman–Crippen LogP) is 3.89. The van der Waals surface area contributed by atoms with Crippen LogP contribution in [0.1, 0.15) is 17.3 Å². The highest BCUT2D eigenvalue weighted by Gasteiger charge is 2.15. The molecule has 0 aliphatic rings. The highest BCUT2D eigenvalue weighted by Crippen LogP contribution is 2.31. The summed E-state index contributed by atoms with van der Waals surface area (Å²) < 4.78 is 29.4. The quantitative estimate of drug-likeness (QED) is 0.740. The number of benzene rings is 3. The van der Waals surface area contributed by atoms with E-state index in [4.69, 9.17) is 4.74 Å². The number of hydrogen-bond acceptors (Lipinski definition) is 4. The Morgan fingerprint density at radius 2 is 1.73 bits per heavy atom. The monoisotopic (exact) mass is 369 g/mol. The molecular weight excluding hydrogens is 350 g/mol. The number of carbonyl (C=O) groups is 1. The first-order chi connectivity index (χ1) is 12.5. The third-order valence-corrected chi connectivity index (χ3v) is 5.92. The van der Waals surface area contributed by atoms with Gasteiger partial charge in [0.05, 0.1) is 17.8 Å². The molecule has 0 fully saturated rings. The number of hydrogen-bond donors (Lipinski definition) is 1. The molecule has 3 rings (SSSR count). The molecule has 0 bridgehead atoms. The Bertz CT molecular complexity index is 1070. The van der Waals surface area contributed by atoms with Crippen LogP contribution in [0.2, 0.25) is 0 Å². The predicted molar refractivity (Wildman–Crippen MR) is 103 cm³/mol. The first-order valence-electron chi connectivity index (χ1n) is 8.16. The van der Waals surface area contributed by atoms with E-state index in [1.54, 1.807) is 38.3 Å². The highest BCUT2D eigenvalue weighted by molar-refractivity contribution is 7.91. The van der Waals surface area contributed by atoms with Crippen molar-refractivity contribution in [3.63, 3.8) is 0 Å². The summed E-state index contributed by atoms with van der Waals surface area (Å²) in [5, 5.41) is 4.59. The third-order valence-electron chi connectivity index (χ3n) is 4.19. The molecule has 1 N–H and O–H groups in total. The Balaban J connectivity index is 1.97. The average molecular weight is 369 g/mol. The van der Waals surface area contributed by atoms with Crippen molar-refractivity contribution in [2.75, 3.05) is 18.2 Å². The van der Waals surface area contributed by atoms with Gasteiger partial charge >= 0.3 is 0 Å². The molecule has 5 nitrogen and oxygen atoms in total. The summed E-state index contributed by atoms with van der Waals surface area (Å²) in [6, 6.07) is 17.2. The average Bonchev–Trinajstić information content (AvgIpc) is 2.68. The summed E-state index contributed by atoms with van der Waals surface area (Å²) in [6.45, 7) is 1.57. The van der Waals surface area contributed by atoms with Crippen LogP contribution in [0.25, 0.3) is 10.8 Å². The summed E-state index contributed by atoms with van der Waals surface area (Å²) >= 11 is 0. The van der Waals surface area contributed by atoms with Crippen molar-refractivity contribution in [3.05, 3.63) is 66.2 Å². The Labute approximate surface area is 152 Å². The van der Waals surface area contributed by atoms with Crippen molar-refractivity contribution in [2.24, 2.45) is 0 Å². The molecule has 0 aliphatic heterocycles. The van der Waals surface area contributed by atoms with Crippen LogP contribution < -0.4 is 10.1 Å². The minimum Gasteiger partial charge on any atom is -0.496 e. The number of ether oxygens (including phenoxy) is 1. The normalized spacial score (nSPS) is 11.3. The maximum Gasteiger partial charge on any atom is 0.255 e. The second-order valence-electron chi connectivity index (χ2n) is 5.75. The third kappa shape index (κ3) is 3.41. The van der Waals surface area contributed by atoms with Gasteiger partial charge in [0.15, 0.2) is 9.84 Å². The molecule has 3 aromatic carbocycles. The molecule has 0 aliphatic carbocycles. The number of fused-ring (bicyclic) bond motifs is 1. The zero-order chi connectivity index (χ0) is 18.7. The van der Waals surface area contributed by atoms with Crippen LogP contribution >= 0.6 is 0 Å². The topological polar surface area (TPSA) is 72.5 Å². The number of carbonyl (C=O) groups excluding carboxylic acids is 1. The van der Waals surface area contributed by atoms with Crippen molar-refractivity contribution in [1.29, 1.82) is 0 Å². The molecule has 0 saturated heterocycles. The van der Waals surface area contributed by atoms with Gasteiger partial charge in [-0.05, 0) is 30.3 Å². The second kappa shape index (κ2) is 7.17. The molecule has 0 saturated carbocycles. The van der Waals surface area contributed by atoms with E-state index in [9.17, 15) is 13.2 Å². The zero-order valence-electron chi connectivity index (χ0n) is 14.5. The van der Waals surface area contributed by atoms with Gasteiger partial charge in [-0.15, -0.1) is 0 Å². The molecule has 6 heteroatoms. The summed E-state index contributed by atoms with van der Waals surface area (Å²) in [5.74, 6) is 0.337. The summed E-state index contributed by atoms with van der Waals surface area (Å²) in [5.41, 5.74) is 0.926. The highest BCUT2D eigenvalue weighted by atomic mass is 32.2. The maximum absolute atomic E-state index is 12.6. The lowest BCUT2D eigenvalue weighted by Gasteiger charge is -2.12. The van der Waals surface area contributed by atoms with E-state index in [2.05, 4.69) is 5.32 Å². The molecule has 0 radical (unpaired) electrons. The Kier molecular flexibility index (Phi) is 4.95. The molecule has 0 unspecified atom stereocenters. The standard InChI is InChI=1S/C20H19NO4S/c1-3-26(23,24)15-8-6-7-14(13-15)20(22)21-18-11-12-19(25-2)17-10-5-4-9-16(17)18/h4-13H,3H2,1-2H3,(H,21,22). The number of methoxy groups -OCH3 is 1. The Morgan fingerprint density at radius 1 is 1.00 bits per heavy atom. The van der Waals surface area contributed by atoms with E-state index in [1.165, 1.54) is 12.1 Å². The SMILES string of the molecule is CCS(=O)(=O)c1cccc(C(=O)Nc2ccc(OC)c3ccccc23)c1. The van der Waals surface area contributed by atoms with Crippen LogP contribution in [0.15, 0.2) is 65.6 Å². The van der Waals surface area contributed by atoms with Gasteiger partial charge in [0.2, 0.25) is 0 Å². The minimum atomic E-state index is -3.37. The van der Waals surface area contributed by atoms with Crippen molar-refractivity contribution in [3.8, 4) is 5.75 Å². The number of anilines is 1. The van der Waals surface area contributed by atoms with E-state index in [1.807, 2.05) is 24.3 Å². The molecule has 26 heavy (non-hydrogen) atoms. The van der Waals surface area contributed by atoms with Gasteiger partial charge in [-0.1, -0.05) is 37.3 Å². The van der Waals surface area contributed by atoms with Crippen molar-refractivity contribution in [2.45, 2.75) is 11.8 Å². The Hall–Kier alpha value is -2.86. The first-order valence-corrected chi connectivity index (χ1v) is 9.81. The summed E-state index contributed by atoms with van der Waals surface area (Å²) in [4.78, 5) is 12.8. The van der Waals surface area contributed by atoms with Crippen LogP contribution in [-0.2, 0) is 9.84 Å². The number of rotatable bonds is 5. The molecule has 0 heterocycles. The van der Waals surface area contributed by atoms with Gasteiger partial charge in [-0.3, -0.25) is 4.79 Å². The van der Waals surface area contributed by atoms with Crippen molar-refractivity contribution >= 4 is 32.2 Å². The van der Waals surface area contributed by atoms with Gasteiger partial charge in [-0.2, -0.15) is 0 Å². The van der Waals surface area contributed by atoms with Crippen molar-refractivity contribution in [1.82, 2.24) is 0 Å². The summed E-state index contributed by atoms with van der Waals surface area (Å²) in [7, 11) is -1.77. The smallest absolute Gasteiger partial charge is 0.255 e. The molecule has 3 aromatic rings. The molecule has 1 amide bonds. The summed E-state index contributed by atoms with van der Waals surface area (Å²) in [6.07, 6.45) is 0. The molecule has 134 valence electrons. The molecule has 0 aromatic heterocycles. The van der Waals surface area contributed by atoms with Gasteiger partial charge in [0.25, 0.3) is 5.91 Å². The molecule has 0 spiro atoms. The van der Waals surface area contributed by atoms with Gasteiger partial charge < -0.3 is 10.1 Å². The number of amides is 1. The number of sulfone groups is 1. The van der Waals surface area contributed by atoms with Crippen molar-refractivity contribution < 1.29 is 17.9 Å². The van der Waals surface area contributed by atoms with E-state index in [0.717, 1.165) is 16.5 Å². The van der Waals surface area contributed by atoms with Crippen LogP contribution in [0.5, 0.6) is 5.75 Å². The fourth-order valence-electron chi connectivity index (χ4n) is 2.75. The lowest BCUT2D eigenvalue weighted by atomic mass is 10.1. The Morgan fingerprint density at radius 3 is 2.42 bits per heavy atom. The van der Waals surface area contributed by atoms with Gasteiger partial charge in [0, 0.05) is 22.0 Å². The molecule has 0 atom stereocenters. The van der Waals surface area contributed by atoms with Crippen LogP contribution in [0.4, 0.5) is 5.69 Å². The fraction of sp³-hybridized carbons (Fsp3) is 0.150. The van der Waals surface area contributed by atoms with E-state index >= 15 is 0 Å². The van der Waals surface area contributed by atoms with E-state index < -0.39 is 9.84 Å². The van der Waals surface area contributed by atoms with Crippen LogP contribution in [-0.4, -0.2) is 27.2 Å². The second-order valence-corrected chi connectivity index (χ2v) is 8.02. The van der Waals surface area contributed by atoms with Crippen LogP contribution in [0.3, 0.4) is 0 Å². The number of nitrogens with one attached hydrogen (secondary N) is 1. The molecular formula is C20H19NO4S. The van der Waals surface area contributed by atoms with Crippen LogP contribution in [0, 0.1) is 0 Å². The minimum absolute atomic E-state index is 0.0127. The zero-order valence-corrected chi connectivity index (χ0v) is 15.3. The van der Waals surface area contributed by atoms with Gasteiger partial charge in [-0.25, -0.2) is 8.42 Å². The first kappa shape index (κ1) is 17.9. The lowest BCUT2D eigenvalue weighted by Crippen LogP contribution is -2.13. The largest absolute Gasteiger partial charge is 0.496 e. The fourth-order valence-corrected chi connectivity index (χ4v) is 3.68. The van der Waals surface area contributed by atoms with E-state index in [0.29, 0.717) is 11.3 Å². The lowest BCUT2D eigenvalue weighted by molar-refractivity contribution is 0.102. The van der Waals surface area contributed by atoms with Gasteiger partial charge in [0.1, 0.15) is 5.75 Å². The maximum atomic E-state index is 12.6. The van der Waals surface area contributed by atoms with E-state index in [-0.39, 0.29) is 16.6 Å².